The minimum atomic E-state index is -0.418. The molecule has 0 saturated heterocycles. The summed E-state index contributed by atoms with van der Waals surface area (Å²) in [5, 5.41) is 11.7. The van der Waals surface area contributed by atoms with Crippen molar-refractivity contribution in [3.05, 3.63) is 59.4 Å². The molecule has 2 aromatic rings. The molecule has 5 nitrogen and oxygen atoms in total. The van der Waals surface area contributed by atoms with E-state index >= 15 is 0 Å². The number of methoxy groups -OCH3 is 1. The number of benzene rings is 2. The number of hydrogen-bond donors (Lipinski definition) is 2. The summed E-state index contributed by atoms with van der Waals surface area (Å²) in [4.78, 5) is 13.3. The molecule has 1 amide bonds. The van der Waals surface area contributed by atoms with Gasteiger partial charge in [-0.2, -0.15) is 5.26 Å². The van der Waals surface area contributed by atoms with Gasteiger partial charge in [-0.25, -0.2) is 4.39 Å². The first-order valence-corrected chi connectivity index (χ1v) is 7.90. The maximum absolute atomic E-state index is 13.8. The number of carbonyl (C=O) groups excluding carboxylic acids is 1. The molecule has 1 unspecified atom stereocenters. The van der Waals surface area contributed by atoms with Crippen molar-refractivity contribution < 1.29 is 18.8 Å². The minimum Gasteiger partial charge on any atom is -0.494 e. The number of hydrogen-bond acceptors (Lipinski definition) is 3. The first-order chi connectivity index (χ1) is 11.9. The third-order valence-corrected chi connectivity index (χ3v) is 4.09. The monoisotopic (exact) mass is 342 g/mol. The molecule has 2 N–H and O–H groups in total. The van der Waals surface area contributed by atoms with E-state index in [1.54, 1.807) is 43.3 Å². The zero-order chi connectivity index (χ0) is 18.4. The smallest absolute Gasteiger partial charge is 0.282 e. The van der Waals surface area contributed by atoms with Crippen LogP contribution in [-0.4, -0.2) is 26.1 Å². The SMILES string of the molecule is COc1ccc(C[NH+](C)[C@H](C)C(=O)Nc2cccc(C#N)c2)cc1F. The van der Waals surface area contributed by atoms with E-state index in [0.717, 1.165) is 10.5 Å². The van der Waals surface area contributed by atoms with E-state index in [1.165, 1.54) is 13.2 Å². The topological polar surface area (TPSA) is 66.6 Å². The normalized spacial score (nSPS) is 12.8. The Bertz CT molecular complexity index is 801. The number of anilines is 1. The molecule has 6 heteroatoms. The molecular weight excluding hydrogens is 321 g/mol. The van der Waals surface area contributed by atoms with Gasteiger partial charge < -0.3 is 15.0 Å². The van der Waals surface area contributed by atoms with Gasteiger partial charge in [0.15, 0.2) is 17.6 Å². The predicted octanol–water partition coefficient (Wildman–Crippen LogP) is 1.75. The summed E-state index contributed by atoms with van der Waals surface area (Å²) in [6.07, 6.45) is 0. The van der Waals surface area contributed by atoms with Crippen molar-refractivity contribution in [3.8, 4) is 11.8 Å². The zero-order valence-electron chi connectivity index (χ0n) is 14.5. The van der Waals surface area contributed by atoms with Crippen LogP contribution in [0.4, 0.5) is 10.1 Å². The molecule has 0 spiro atoms. The summed E-state index contributed by atoms with van der Waals surface area (Å²) < 4.78 is 18.7. The number of rotatable bonds is 6. The van der Waals surface area contributed by atoms with Crippen LogP contribution in [0, 0.1) is 17.1 Å². The van der Waals surface area contributed by atoms with Gasteiger partial charge in [-0.05, 0) is 43.3 Å². The summed E-state index contributed by atoms with van der Waals surface area (Å²) in [5.41, 5.74) is 1.85. The molecule has 0 heterocycles. The number of carbonyl (C=O) groups is 1. The van der Waals surface area contributed by atoms with Gasteiger partial charge in [-0.3, -0.25) is 4.79 Å². The van der Waals surface area contributed by atoms with Crippen molar-refractivity contribution in [2.24, 2.45) is 0 Å². The van der Waals surface area contributed by atoms with Crippen LogP contribution in [0.15, 0.2) is 42.5 Å². The van der Waals surface area contributed by atoms with Crippen LogP contribution in [0.25, 0.3) is 0 Å². The third kappa shape index (κ3) is 4.78. The highest BCUT2D eigenvalue weighted by Gasteiger charge is 2.22. The van der Waals surface area contributed by atoms with Gasteiger partial charge in [0.1, 0.15) is 6.54 Å². The molecule has 130 valence electrons. The molecule has 2 rings (SSSR count). The van der Waals surface area contributed by atoms with Gasteiger partial charge >= 0.3 is 0 Å². The highest BCUT2D eigenvalue weighted by molar-refractivity contribution is 5.93. The van der Waals surface area contributed by atoms with E-state index in [9.17, 15) is 9.18 Å². The molecule has 0 aromatic heterocycles. The summed E-state index contributed by atoms with van der Waals surface area (Å²) >= 11 is 0. The van der Waals surface area contributed by atoms with Crippen LogP contribution < -0.4 is 15.0 Å². The zero-order valence-corrected chi connectivity index (χ0v) is 14.5. The average Bonchev–Trinajstić information content (AvgIpc) is 2.61. The second kappa shape index (κ2) is 8.27. The van der Waals surface area contributed by atoms with Gasteiger partial charge in [0, 0.05) is 11.3 Å². The van der Waals surface area contributed by atoms with Crippen molar-refractivity contribution in [1.82, 2.24) is 0 Å². The molecule has 0 bridgehead atoms. The second-order valence-corrected chi connectivity index (χ2v) is 5.90. The fourth-order valence-corrected chi connectivity index (χ4v) is 2.44. The number of nitrogens with one attached hydrogen (secondary N) is 2. The summed E-state index contributed by atoms with van der Waals surface area (Å²) in [6.45, 7) is 2.30. The van der Waals surface area contributed by atoms with Crippen molar-refractivity contribution >= 4 is 11.6 Å². The number of ether oxygens (including phenoxy) is 1. The molecule has 2 atom stereocenters. The lowest BCUT2D eigenvalue weighted by Crippen LogP contribution is -3.12. The Kier molecular flexibility index (Phi) is 6.09. The molecule has 0 radical (unpaired) electrons. The number of halogens is 1. The first-order valence-electron chi connectivity index (χ1n) is 7.90. The van der Waals surface area contributed by atoms with E-state index in [4.69, 9.17) is 10.00 Å². The molecule has 25 heavy (non-hydrogen) atoms. The largest absolute Gasteiger partial charge is 0.494 e. The van der Waals surface area contributed by atoms with Crippen LogP contribution in [0.1, 0.15) is 18.1 Å². The van der Waals surface area contributed by atoms with E-state index < -0.39 is 5.82 Å². The maximum atomic E-state index is 13.8. The predicted molar refractivity (Wildman–Crippen MR) is 92.8 cm³/mol. The van der Waals surface area contributed by atoms with Gasteiger partial charge in [0.05, 0.1) is 25.8 Å². The lowest BCUT2D eigenvalue weighted by molar-refractivity contribution is -0.907. The van der Waals surface area contributed by atoms with Crippen LogP contribution in [0.5, 0.6) is 5.75 Å². The molecule has 0 fully saturated rings. The van der Waals surface area contributed by atoms with E-state index in [0.29, 0.717) is 17.8 Å². The molecule has 0 aliphatic carbocycles. The standard InChI is InChI=1S/C19H20FN3O2/c1-13(19(24)22-16-6-4-5-14(9-16)11-21)23(2)12-15-7-8-18(25-3)17(20)10-15/h4-10,13H,12H2,1-3H3,(H,22,24)/p+1/t13-/m1/s1. The first kappa shape index (κ1) is 18.4. The Labute approximate surface area is 146 Å². The third-order valence-electron chi connectivity index (χ3n) is 4.09. The fourth-order valence-electron chi connectivity index (χ4n) is 2.44. The van der Waals surface area contributed by atoms with Crippen molar-refractivity contribution in [2.75, 3.05) is 19.5 Å². The Morgan fingerprint density at radius 1 is 1.36 bits per heavy atom. The van der Waals surface area contributed by atoms with Crippen molar-refractivity contribution in [3.63, 3.8) is 0 Å². The minimum absolute atomic E-state index is 0.165. The van der Waals surface area contributed by atoms with Gasteiger partial charge in [0.25, 0.3) is 5.91 Å². The van der Waals surface area contributed by atoms with Crippen LogP contribution in [-0.2, 0) is 11.3 Å². The second-order valence-electron chi connectivity index (χ2n) is 5.90. The van der Waals surface area contributed by atoms with Gasteiger partial charge in [-0.15, -0.1) is 0 Å². The van der Waals surface area contributed by atoms with Crippen LogP contribution in [0.3, 0.4) is 0 Å². The Balaban J connectivity index is 2.01. The molecule has 0 aliphatic heterocycles. The van der Waals surface area contributed by atoms with E-state index in [-0.39, 0.29) is 17.7 Å². The molecular formula is C19H21FN3O2+. The van der Waals surface area contributed by atoms with Gasteiger partial charge in [0.2, 0.25) is 0 Å². The number of amides is 1. The fraction of sp³-hybridized carbons (Fsp3) is 0.263. The number of quaternary nitrogens is 1. The summed E-state index contributed by atoms with van der Waals surface area (Å²) in [5.74, 6) is -0.385. The quantitative estimate of drug-likeness (QED) is 0.840. The van der Waals surface area contributed by atoms with E-state index in [2.05, 4.69) is 5.32 Å². The number of nitriles is 1. The Hall–Kier alpha value is -2.91. The molecule has 0 aliphatic rings. The number of likely N-dealkylation sites (N-methyl/N-ethyl adjacent to an activating group) is 1. The Morgan fingerprint density at radius 2 is 2.12 bits per heavy atom. The lowest BCUT2D eigenvalue weighted by Gasteiger charge is -2.21. The highest BCUT2D eigenvalue weighted by Crippen LogP contribution is 2.17. The van der Waals surface area contributed by atoms with Crippen molar-refractivity contribution in [1.29, 1.82) is 5.26 Å². The maximum Gasteiger partial charge on any atom is 0.282 e. The van der Waals surface area contributed by atoms with Gasteiger partial charge in [-0.1, -0.05) is 6.07 Å². The van der Waals surface area contributed by atoms with E-state index in [1.807, 2.05) is 13.1 Å². The van der Waals surface area contributed by atoms with Crippen LogP contribution >= 0.6 is 0 Å². The Morgan fingerprint density at radius 3 is 2.76 bits per heavy atom. The highest BCUT2D eigenvalue weighted by atomic mass is 19.1. The average molecular weight is 342 g/mol. The van der Waals surface area contributed by atoms with Crippen molar-refractivity contribution in [2.45, 2.75) is 19.5 Å². The number of nitrogens with zero attached hydrogens (tertiary/aromatic N) is 1. The molecule has 0 saturated carbocycles. The summed E-state index contributed by atoms with van der Waals surface area (Å²) in [7, 11) is 3.29. The van der Waals surface area contributed by atoms with Crippen LogP contribution in [0.2, 0.25) is 0 Å². The molecule has 2 aromatic carbocycles. The lowest BCUT2D eigenvalue weighted by atomic mass is 10.1. The summed E-state index contributed by atoms with van der Waals surface area (Å²) in [6, 6.07) is 13.2.